The Labute approximate surface area is 196 Å². The first-order valence-electron chi connectivity index (χ1n) is 11.0. The van der Waals surface area contributed by atoms with Crippen molar-refractivity contribution in [3.8, 4) is 5.75 Å². The average Bonchev–Trinajstić information content (AvgIpc) is 2.79. The molecule has 0 aliphatic rings. The maximum atomic E-state index is 12.6. The standard InChI is InChI=1S/C26H30N2O4S/c1-4-32-24-14-10-23(11-15-24)28-33(30,31)25-16-12-22(13-17-25)27-26(29)18-7-20-5-8-21(9-6-20)19(2)3/h5-6,8-17,19,28H,4,7,18H2,1-3H3,(H,27,29). The Kier molecular flexibility index (Phi) is 8.11. The fourth-order valence-electron chi connectivity index (χ4n) is 3.27. The van der Waals surface area contributed by atoms with E-state index in [-0.39, 0.29) is 10.8 Å². The molecule has 0 aliphatic heterocycles. The van der Waals surface area contributed by atoms with Crippen LogP contribution in [0.2, 0.25) is 0 Å². The zero-order chi connectivity index (χ0) is 23.8. The molecule has 1 amide bonds. The first kappa shape index (κ1) is 24.3. The van der Waals surface area contributed by atoms with Crippen LogP contribution in [0.4, 0.5) is 11.4 Å². The van der Waals surface area contributed by atoms with Crippen molar-refractivity contribution >= 4 is 27.3 Å². The van der Waals surface area contributed by atoms with Crippen molar-refractivity contribution in [3.63, 3.8) is 0 Å². The summed E-state index contributed by atoms with van der Waals surface area (Å²) in [4.78, 5) is 12.4. The molecule has 3 rings (SSSR count). The highest BCUT2D eigenvalue weighted by atomic mass is 32.2. The first-order chi connectivity index (χ1) is 15.8. The van der Waals surface area contributed by atoms with E-state index in [1.165, 1.54) is 17.7 Å². The number of benzene rings is 3. The van der Waals surface area contributed by atoms with Gasteiger partial charge in [0.25, 0.3) is 10.0 Å². The van der Waals surface area contributed by atoms with Crippen LogP contribution in [0.15, 0.2) is 77.7 Å². The lowest BCUT2D eigenvalue weighted by atomic mass is 10.0. The van der Waals surface area contributed by atoms with Gasteiger partial charge in [0.15, 0.2) is 0 Å². The summed E-state index contributed by atoms with van der Waals surface area (Å²) in [6, 6.07) is 21.1. The second-order valence-corrected chi connectivity index (χ2v) is 9.71. The normalized spacial score (nSPS) is 11.3. The quantitative estimate of drug-likeness (QED) is 0.408. The molecule has 6 nitrogen and oxygen atoms in total. The van der Waals surface area contributed by atoms with Crippen LogP contribution in [0.1, 0.15) is 44.2 Å². The molecule has 174 valence electrons. The zero-order valence-electron chi connectivity index (χ0n) is 19.2. The Bertz CT molecular complexity index is 1150. The molecule has 0 heterocycles. The van der Waals surface area contributed by atoms with E-state index in [1.807, 2.05) is 6.92 Å². The third-order valence-corrected chi connectivity index (χ3v) is 6.55. The fourth-order valence-corrected chi connectivity index (χ4v) is 4.33. The highest BCUT2D eigenvalue weighted by molar-refractivity contribution is 7.92. The number of sulfonamides is 1. The van der Waals surface area contributed by atoms with Crippen LogP contribution in [-0.4, -0.2) is 20.9 Å². The van der Waals surface area contributed by atoms with Crippen LogP contribution < -0.4 is 14.8 Å². The summed E-state index contributed by atoms with van der Waals surface area (Å²) in [6.45, 7) is 6.72. The second kappa shape index (κ2) is 11.0. The van der Waals surface area contributed by atoms with E-state index in [9.17, 15) is 13.2 Å². The lowest BCUT2D eigenvalue weighted by Crippen LogP contribution is -2.14. The van der Waals surface area contributed by atoms with Gasteiger partial charge in [0.2, 0.25) is 5.91 Å². The molecule has 0 saturated heterocycles. The van der Waals surface area contributed by atoms with E-state index in [4.69, 9.17) is 4.74 Å². The van der Waals surface area contributed by atoms with Gasteiger partial charge in [0.1, 0.15) is 5.75 Å². The molecule has 3 aromatic carbocycles. The van der Waals surface area contributed by atoms with E-state index in [0.29, 0.717) is 42.5 Å². The van der Waals surface area contributed by atoms with Crippen LogP contribution in [0.25, 0.3) is 0 Å². The average molecular weight is 467 g/mol. The van der Waals surface area contributed by atoms with Gasteiger partial charge in [-0.15, -0.1) is 0 Å². The van der Waals surface area contributed by atoms with E-state index < -0.39 is 10.0 Å². The summed E-state index contributed by atoms with van der Waals surface area (Å²) >= 11 is 0. The molecular weight excluding hydrogens is 436 g/mol. The molecule has 0 spiro atoms. The Hall–Kier alpha value is -3.32. The first-order valence-corrected chi connectivity index (χ1v) is 12.5. The van der Waals surface area contributed by atoms with Crippen LogP contribution in [0, 0.1) is 0 Å². The fraction of sp³-hybridized carbons (Fsp3) is 0.269. The van der Waals surface area contributed by atoms with Gasteiger partial charge in [-0.3, -0.25) is 9.52 Å². The second-order valence-electron chi connectivity index (χ2n) is 8.03. The van der Waals surface area contributed by atoms with Gasteiger partial charge >= 0.3 is 0 Å². The number of hydrogen-bond acceptors (Lipinski definition) is 4. The van der Waals surface area contributed by atoms with Crippen molar-refractivity contribution in [1.82, 2.24) is 0 Å². The molecule has 33 heavy (non-hydrogen) atoms. The number of nitrogens with one attached hydrogen (secondary N) is 2. The molecule has 0 unspecified atom stereocenters. The Balaban J connectivity index is 1.54. The van der Waals surface area contributed by atoms with Crippen molar-refractivity contribution in [2.75, 3.05) is 16.6 Å². The van der Waals surface area contributed by atoms with Crippen LogP contribution >= 0.6 is 0 Å². The Morgan fingerprint density at radius 1 is 0.879 bits per heavy atom. The summed E-state index contributed by atoms with van der Waals surface area (Å²) in [6.07, 6.45) is 0.989. The smallest absolute Gasteiger partial charge is 0.261 e. The Morgan fingerprint density at radius 3 is 2.06 bits per heavy atom. The summed E-state index contributed by atoms with van der Waals surface area (Å²) in [5, 5.41) is 2.82. The molecular formula is C26H30N2O4S. The molecule has 0 atom stereocenters. The number of amides is 1. The van der Waals surface area contributed by atoms with Crippen LogP contribution in [-0.2, 0) is 21.2 Å². The predicted molar refractivity (Wildman–Crippen MR) is 132 cm³/mol. The van der Waals surface area contributed by atoms with E-state index >= 15 is 0 Å². The molecule has 0 aliphatic carbocycles. The monoisotopic (exact) mass is 466 g/mol. The molecule has 2 N–H and O–H groups in total. The minimum Gasteiger partial charge on any atom is -0.494 e. The molecule has 0 fully saturated rings. The van der Waals surface area contributed by atoms with Crippen molar-refractivity contribution in [1.29, 1.82) is 0 Å². The molecule has 0 aromatic heterocycles. The molecule has 7 heteroatoms. The maximum Gasteiger partial charge on any atom is 0.261 e. The number of hydrogen-bond donors (Lipinski definition) is 2. The van der Waals surface area contributed by atoms with E-state index in [1.54, 1.807) is 36.4 Å². The summed E-state index contributed by atoms with van der Waals surface area (Å²) in [5.41, 5.74) is 3.37. The maximum absolute atomic E-state index is 12.6. The highest BCUT2D eigenvalue weighted by Gasteiger charge is 2.14. The summed E-state index contributed by atoms with van der Waals surface area (Å²) in [7, 11) is -3.74. The minimum atomic E-state index is -3.74. The van der Waals surface area contributed by atoms with Gasteiger partial charge in [0.05, 0.1) is 11.5 Å². The van der Waals surface area contributed by atoms with Crippen LogP contribution in [0.3, 0.4) is 0 Å². The van der Waals surface area contributed by atoms with Crippen molar-refractivity contribution in [2.24, 2.45) is 0 Å². The SMILES string of the molecule is CCOc1ccc(NS(=O)(=O)c2ccc(NC(=O)CCc3ccc(C(C)C)cc3)cc2)cc1. The molecule has 0 radical (unpaired) electrons. The van der Waals surface area contributed by atoms with Crippen LogP contribution in [0.5, 0.6) is 5.75 Å². The van der Waals surface area contributed by atoms with E-state index in [0.717, 1.165) is 5.56 Å². The number of carbonyl (C=O) groups excluding carboxylic acids is 1. The lowest BCUT2D eigenvalue weighted by molar-refractivity contribution is -0.116. The lowest BCUT2D eigenvalue weighted by Gasteiger charge is -2.10. The zero-order valence-corrected chi connectivity index (χ0v) is 20.0. The summed E-state index contributed by atoms with van der Waals surface area (Å²) < 4.78 is 33.2. The number of carbonyl (C=O) groups is 1. The molecule has 0 saturated carbocycles. The minimum absolute atomic E-state index is 0.111. The number of ether oxygens (including phenoxy) is 1. The number of aryl methyl sites for hydroxylation is 1. The number of rotatable bonds is 10. The van der Waals surface area contributed by atoms with E-state index in [2.05, 4.69) is 48.2 Å². The molecule has 0 bridgehead atoms. The van der Waals surface area contributed by atoms with Gasteiger partial charge in [-0.05, 0) is 78.9 Å². The third-order valence-electron chi connectivity index (χ3n) is 5.15. The summed E-state index contributed by atoms with van der Waals surface area (Å²) in [5.74, 6) is 1.03. The van der Waals surface area contributed by atoms with Gasteiger partial charge in [0, 0.05) is 17.8 Å². The van der Waals surface area contributed by atoms with Crippen molar-refractivity contribution < 1.29 is 17.9 Å². The topological polar surface area (TPSA) is 84.5 Å². The van der Waals surface area contributed by atoms with Gasteiger partial charge in [-0.1, -0.05) is 38.1 Å². The van der Waals surface area contributed by atoms with Crippen molar-refractivity contribution in [3.05, 3.63) is 83.9 Å². The van der Waals surface area contributed by atoms with Gasteiger partial charge < -0.3 is 10.1 Å². The highest BCUT2D eigenvalue weighted by Crippen LogP contribution is 2.21. The third kappa shape index (κ3) is 7.08. The van der Waals surface area contributed by atoms with Gasteiger partial charge in [-0.2, -0.15) is 0 Å². The van der Waals surface area contributed by atoms with Crippen molar-refractivity contribution in [2.45, 2.75) is 44.4 Å². The largest absolute Gasteiger partial charge is 0.494 e. The van der Waals surface area contributed by atoms with Gasteiger partial charge in [-0.25, -0.2) is 8.42 Å². The predicted octanol–water partition coefficient (Wildman–Crippen LogP) is 5.58. The Morgan fingerprint density at radius 2 is 1.48 bits per heavy atom. The number of anilines is 2. The molecule has 3 aromatic rings.